The molecule has 1 N–H and O–H groups in total. The van der Waals surface area contributed by atoms with Gasteiger partial charge in [-0.15, -0.1) is 0 Å². The molecule has 84 valence electrons. The monoisotopic (exact) mass is 217 g/mol. The summed E-state index contributed by atoms with van der Waals surface area (Å²) in [5.74, 6) is -0.108. The van der Waals surface area contributed by atoms with E-state index in [9.17, 15) is 4.39 Å². The minimum atomic E-state index is -0.108. The van der Waals surface area contributed by atoms with Gasteiger partial charge < -0.3 is 5.32 Å². The lowest BCUT2D eigenvalue weighted by molar-refractivity contribution is 0.630. The van der Waals surface area contributed by atoms with E-state index in [1.807, 2.05) is 31.2 Å². The van der Waals surface area contributed by atoms with Crippen LogP contribution in [0.4, 0.5) is 10.1 Å². The van der Waals surface area contributed by atoms with E-state index < -0.39 is 0 Å². The zero-order valence-corrected chi connectivity index (χ0v) is 9.89. The summed E-state index contributed by atoms with van der Waals surface area (Å²) in [7, 11) is 0. The molecular weight excluding hydrogens is 201 g/mol. The van der Waals surface area contributed by atoms with Gasteiger partial charge in [-0.05, 0) is 49.4 Å². The van der Waals surface area contributed by atoms with Crippen LogP contribution in [0, 0.1) is 19.7 Å². The van der Waals surface area contributed by atoms with E-state index in [0.29, 0.717) is 10.9 Å². The van der Waals surface area contributed by atoms with Crippen molar-refractivity contribution in [3.63, 3.8) is 0 Å². The summed E-state index contributed by atoms with van der Waals surface area (Å²) in [5, 5.41) is 4.94. The molecule has 0 saturated carbocycles. The molecule has 0 aliphatic heterocycles. The van der Waals surface area contributed by atoms with Gasteiger partial charge in [-0.1, -0.05) is 12.1 Å². The van der Waals surface area contributed by atoms with E-state index in [4.69, 9.17) is 0 Å². The molecule has 2 heteroatoms. The van der Waals surface area contributed by atoms with Crippen molar-refractivity contribution in [2.45, 2.75) is 20.8 Å². The van der Waals surface area contributed by atoms with Gasteiger partial charge in [-0.3, -0.25) is 0 Å². The zero-order valence-electron chi connectivity index (χ0n) is 9.89. The first-order chi connectivity index (χ1) is 7.63. The number of halogens is 1. The van der Waals surface area contributed by atoms with Crippen molar-refractivity contribution in [2.24, 2.45) is 0 Å². The molecule has 16 heavy (non-hydrogen) atoms. The van der Waals surface area contributed by atoms with Gasteiger partial charge in [-0.2, -0.15) is 0 Å². The predicted molar refractivity (Wildman–Crippen MR) is 67.5 cm³/mol. The standard InChI is InChI=1S/C14H16FN/c1-4-16-13-8-11-6-5-9(2)14(15)12(11)7-10(13)3/h5-8,16H,4H2,1-3H3. The third-order valence-corrected chi connectivity index (χ3v) is 2.86. The van der Waals surface area contributed by atoms with Crippen LogP contribution >= 0.6 is 0 Å². The number of anilines is 1. The average Bonchev–Trinajstić information content (AvgIpc) is 2.26. The maximum absolute atomic E-state index is 13.9. The van der Waals surface area contributed by atoms with Crippen LogP contribution in [-0.4, -0.2) is 6.54 Å². The van der Waals surface area contributed by atoms with E-state index >= 15 is 0 Å². The van der Waals surface area contributed by atoms with Crippen molar-refractivity contribution in [2.75, 3.05) is 11.9 Å². The van der Waals surface area contributed by atoms with Crippen molar-refractivity contribution >= 4 is 16.5 Å². The minimum Gasteiger partial charge on any atom is -0.385 e. The highest BCUT2D eigenvalue weighted by Crippen LogP contribution is 2.27. The Morgan fingerprint density at radius 2 is 1.88 bits per heavy atom. The molecule has 0 fully saturated rings. The van der Waals surface area contributed by atoms with E-state index in [0.717, 1.165) is 23.2 Å². The Kier molecular flexibility index (Phi) is 2.82. The molecule has 0 aromatic heterocycles. The highest BCUT2D eigenvalue weighted by molar-refractivity contribution is 5.88. The Labute approximate surface area is 95.3 Å². The normalized spacial score (nSPS) is 10.8. The van der Waals surface area contributed by atoms with Gasteiger partial charge >= 0.3 is 0 Å². The smallest absolute Gasteiger partial charge is 0.133 e. The lowest BCUT2D eigenvalue weighted by atomic mass is 10.0. The van der Waals surface area contributed by atoms with Crippen LogP contribution in [0.3, 0.4) is 0 Å². The average molecular weight is 217 g/mol. The molecule has 0 aliphatic carbocycles. The SMILES string of the molecule is CCNc1cc2ccc(C)c(F)c2cc1C. The quantitative estimate of drug-likeness (QED) is 0.800. The predicted octanol–water partition coefficient (Wildman–Crippen LogP) is 4.03. The summed E-state index contributed by atoms with van der Waals surface area (Å²) >= 11 is 0. The molecule has 0 radical (unpaired) electrons. The van der Waals surface area contributed by atoms with Crippen molar-refractivity contribution in [1.29, 1.82) is 0 Å². The summed E-state index contributed by atoms with van der Waals surface area (Å²) in [6.07, 6.45) is 0. The van der Waals surface area contributed by atoms with Gasteiger partial charge in [0.1, 0.15) is 5.82 Å². The molecule has 0 bridgehead atoms. The van der Waals surface area contributed by atoms with Crippen LogP contribution in [0.5, 0.6) is 0 Å². The largest absolute Gasteiger partial charge is 0.385 e. The maximum atomic E-state index is 13.9. The van der Waals surface area contributed by atoms with Crippen molar-refractivity contribution in [1.82, 2.24) is 0 Å². The molecule has 0 unspecified atom stereocenters. The van der Waals surface area contributed by atoms with Crippen LogP contribution < -0.4 is 5.32 Å². The maximum Gasteiger partial charge on any atom is 0.133 e. The second-order valence-electron chi connectivity index (χ2n) is 4.12. The van der Waals surface area contributed by atoms with Crippen LogP contribution in [0.15, 0.2) is 24.3 Å². The van der Waals surface area contributed by atoms with Crippen LogP contribution in [0.2, 0.25) is 0 Å². The minimum absolute atomic E-state index is 0.108. The second kappa shape index (κ2) is 4.12. The fourth-order valence-electron chi connectivity index (χ4n) is 1.93. The van der Waals surface area contributed by atoms with Gasteiger partial charge in [0, 0.05) is 17.6 Å². The first-order valence-corrected chi connectivity index (χ1v) is 5.57. The lowest BCUT2D eigenvalue weighted by Crippen LogP contribution is -1.99. The molecule has 2 aromatic carbocycles. The van der Waals surface area contributed by atoms with Crippen molar-refractivity contribution < 1.29 is 4.39 Å². The molecule has 0 saturated heterocycles. The number of rotatable bonds is 2. The highest BCUT2D eigenvalue weighted by atomic mass is 19.1. The highest BCUT2D eigenvalue weighted by Gasteiger charge is 2.06. The zero-order chi connectivity index (χ0) is 11.7. The van der Waals surface area contributed by atoms with E-state index in [2.05, 4.69) is 12.2 Å². The Morgan fingerprint density at radius 1 is 1.12 bits per heavy atom. The number of nitrogens with one attached hydrogen (secondary N) is 1. The molecule has 2 rings (SSSR count). The molecule has 0 heterocycles. The van der Waals surface area contributed by atoms with Gasteiger partial charge in [0.2, 0.25) is 0 Å². The van der Waals surface area contributed by atoms with E-state index in [1.54, 1.807) is 6.92 Å². The molecule has 0 amide bonds. The summed E-state index contributed by atoms with van der Waals surface area (Å²) in [4.78, 5) is 0. The summed E-state index contributed by atoms with van der Waals surface area (Å²) in [5.41, 5.74) is 2.86. The first-order valence-electron chi connectivity index (χ1n) is 5.57. The van der Waals surface area contributed by atoms with Crippen molar-refractivity contribution in [3.8, 4) is 0 Å². The second-order valence-corrected chi connectivity index (χ2v) is 4.12. The van der Waals surface area contributed by atoms with Gasteiger partial charge in [0.15, 0.2) is 0 Å². The first kappa shape index (κ1) is 10.9. The molecule has 0 atom stereocenters. The van der Waals surface area contributed by atoms with Gasteiger partial charge in [-0.25, -0.2) is 4.39 Å². The number of aryl methyl sites for hydroxylation is 2. The molecular formula is C14H16FN. The topological polar surface area (TPSA) is 12.0 Å². The third-order valence-electron chi connectivity index (χ3n) is 2.86. The van der Waals surface area contributed by atoms with Crippen LogP contribution in [-0.2, 0) is 0 Å². The van der Waals surface area contributed by atoms with Gasteiger partial charge in [0.05, 0.1) is 0 Å². The Balaban J connectivity index is 2.69. The Bertz CT molecular complexity index is 532. The summed E-state index contributed by atoms with van der Waals surface area (Å²) in [6.45, 7) is 6.72. The van der Waals surface area contributed by atoms with E-state index in [-0.39, 0.29) is 5.82 Å². The summed E-state index contributed by atoms with van der Waals surface area (Å²) < 4.78 is 13.9. The molecule has 0 aliphatic rings. The number of hydrogen-bond donors (Lipinski definition) is 1. The fraction of sp³-hybridized carbons (Fsp3) is 0.286. The Hall–Kier alpha value is -1.57. The number of benzene rings is 2. The van der Waals surface area contributed by atoms with Crippen LogP contribution in [0.25, 0.3) is 10.8 Å². The van der Waals surface area contributed by atoms with Crippen molar-refractivity contribution in [3.05, 3.63) is 41.2 Å². The Morgan fingerprint density at radius 3 is 2.56 bits per heavy atom. The third kappa shape index (κ3) is 1.75. The number of fused-ring (bicyclic) bond motifs is 1. The summed E-state index contributed by atoms with van der Waals surface area (Å²) in [6, 6.07) is 7.71. The number of hydrogen-bond acceptors (Lipinski definition) is 1. The van der Waals surface area contributed by atoms with Gasteiger partial charge in [0.25, 0.3) is 0 Å². The molecule has 2 aromatic rings. The molecule has 1 nitrogen and oxygen atoms in total. The van der Waals surface area contributed by atoms with Crippen LogP contribution in [0.1, 0.15) is 18.1 Å². The lowest BCUT2D eigenvalue weighted by Gasteiger charge is -2.10. The van der Waals surface area contributed by atoms with E-state index in [1.165, 1.54) is 0 Å². The fourth-order valence-corrected chi connectivity index (χ4v) is 1.93. The molecule has 0 spiro atoms.